The van der Waals surface area contributed by atoms with E-state index in [4.69, 9.17) is 5.73 Å². The molecule has 1 atom stereocenters. The molecule has 0 unspecified atom stereocenters. The quantitative estimate of drug-likeness (QED) is 0.823. The van der Waals surface area contributed by atoms with E-state index >= 15 is 0 Å². The normalized spacial score (nSPS) is 13.6. The van der Waals surface area contributed by atoms with Crippen molar-refractivity contribution in [3.8, 4) is 0 Å². The van der Waals surface area contributed by atoms with Crippen LogP contribution in [0.15, 0.2) is 18.2 Å². The first kappa shape index (κ1) is 11.9. The summed E-state index contributed by atoms with van der Waals surface area (Å²) in [5, 5.41) is 0. The number of hydrogen-bond acceptors (Lipinski definition) is 3. The Morgan fingerprint density at radius 1 is 1.47 bits per heavy atom. The summed E-state index contributed by atoms with van der Waals surface area (Å²) in [6, 6.07) is 3.88. The minimum Gasteiger partial charge on any atom is -0.324 e. The SMILES string of the molecule is C[C@H](N)c1ccc(NS(C)(=O)=O)c(F)c1. The van der Waals surface area contributed by atoms with Gasteiger partial charge in [-0.2, -0.15) is 0 Å². The minimum atomic E-state index is -3.45. The van der Waals surface area contributed by atoms with E-state index in [0.29, 0.717) is 5.56 Å². The van der Waals surface area contributed by atoms with Gasteiger partial charge in [0.2, 0.25) is 10.0 Å². The molecular formula is C9H13FN2O2S. The van der Waals surface area contributed by atoms with Gasteiger partial charge in [0.15, 0.2) is 0 Å². The lowest BCUT2D eigenvalue weighted by atomic mass is 10.1. The number of nitrogens with one attached hydrogen (secondary N) is 1. The van der Waals surface area contributed by atoms with Gasteiger partial charge in [-0.25, -0.2) is 12.8 Å². The van der Waals surface area contributed by atoms with E-state index in [1.165, 1.54) is 12.1 Å². The molecule has 1 aromatic carbocycles. The molecule has 0 heterocycles. The fraction of sp³-hybridized carbons (Fsp3) is 0.333. The smallest absolute Gasteiger partial charge is 0.229 e. The van der Waals surface area contributed by atoms with E-state index in [9.17, 15) is 12.8 Å². The first-order valence-electron chi connectivity index (χ1n) is 4.32. The zero-order chi connectivity index (χ0) is 11.6. The van der Waals surface area contributed by atoms with Gasteiger partial charge in [0.05, 0.1) is 11.9 Å². The Bertz CT molecular complexity index is 457. The Kier molecular flexibility index (Phi) is 3.31. The summed E-state index contributed by atoms with van der Waals surface area (Å²) < 4.78 is 37.2. The van der Waals surface area contributed by atoms with Gasteiger partial charge in [0.25, 0.3) is 0 Å². The molecule has 0 spiro atoms. The second-order valence-electron chi connectivity index (χ2n) is 3.40. The molecule has 1 rings (SSSR count). The highest BCUT2D eigenvalue weighted by molar-refractivity contribution is 7.92. The highest BCUT2D eigenvalue weighted by Gasteiger charge is 2.09. The molecule has 0 saturated carbocycles. The fourth-order valence-electron chi connectivity index (χ4n) is 1.10. The Balaban J connectivity index is 3.04. The van der Waals surface area contributed by atoms with Crippen molar-refractivity contribution in [2.75, 3.05) is 11.0 Å². The number of anilines is 1. The summed E-state index contributed by atoms with van der Waals surface area (Å²) in [5.41, 5.74) is 6.10. The lowest BCUT2D eigenvalue weighted by Gasteiger charge is -2.09. The van der Waals surface area contributed by atoms with Crippen LogP contribution < -0.4 is 10.5 Å². The third-order valence-electron chi connectivity index (χ3n) is 1.81. The van der Waals surface area contributed by atoms with E-state index in [-0.39, 0.29) is 11.7 Å². The summed E-state index contributed by atoms with van der Waals surface area (Å²) >= 11 is 0. The second-order valence-corrected chi connectivity index (χ2v) is 5.15. The van der Waals surface area contributed by atoms with Crippen LogP contribution >= 0.6 is 0 Å². The van der Waals surface area contributed by atoms with Crippen molar-refractivity contribution < 1.29 is 12.8 Å². The zero-order valence-corrected chi connectivity index (χ0v) is 9.31. The van der Waals surface area contributed by atoms with Gasteiger partial charge in [-0.3, -0.25) is 4.72 Å². The van der Waals surface area contributed by atoms with Gasteiger partial charge in [0, 0.05) is 6.04 Å². The number of nitrogens with two attached hydrogens (primary N) is 1. The summed E-state index contributed by atoms with van der Waals surface area (Å²) in [7, 11) is -3.45. The molecule has 3 N–H and O–H groups in total. The van der Waals surface area contributed by atoms with Crippen molar-refractivity contribution in [3.63, 3.8) is 0 Å². The number of halogens is 1. The fourth-order valence-corrected chi connectivity index (χ4v) is 1.66. The van der Waals surface area contributed by atoms with Gasteiger partial charge in [-0.05, 0) is 24.6 Å². The first-order chi connectivity index (χ1) is 6.79. The van der Waals surface area contributed by atoms with Crippen LogP contribution in [0.2, 0.25) is 0 Å². The topological polar surface area (TPSA) is 72.2 Å². The van der Waals surface area contributed by atoms with Crippen molar-refractivity contribution >= 4 is 15.7 Å². The number of rotatable bonds is 3. The third-order valence-corrected chi connectivity index (χ3v) is 2.40. The van der Waals surface area contributed by atoms with Crippen molar-refractivity contribution in [2.24, 2.45) is 5.73 Å². The lowest BCUT2D eigenvalue weighted by Crippen LogP contribution is -2.12. The van der Waals surface area contributed by atoms with Gasteiger partial charge in [-0.1, -0.05) is 6.07 Å². The molecule has 0 aliphatic carbocycles. The molecule has 0 aromatic heterocycles. The standard InChI is InChI=1S/C9H13FN2O2S/c1-6(11)7-3-4-9(8(10)5-7)12-15(2,13)14/h3-6,12H,11H2,1-2H3/t6-/m0/s1. The molecule has 0 aliphatic rings. The number of benzene rings is 1. The van der Waals surface area contributed by atoms with Gasteiger partial charge in [-0.15, -0.1) is 0 Å². The van der Waals surface area contributed by atoms with Crippen LogP contribution in [-0.2, 0) is 10.0 Å². The molecule has 0 fully saturated rings. The second kappa shape index (κ2) is 4.16. The predicted octanol–water partition coefficient (Wildman–Crippen LogP) is 1.22. The van der Waals surface area contributed by atoms with E-state index < -0.39 is 15.8 Å². The molecule has 6 heteroatoms. The highest BCUT2D eigenvalue weighted by Crippen LogP contribution is 2.19. The lowest BCUT2D eigenvalue weighted by molar-refractivity contribution is 0.603. The van der Waals surface area contributed by atoms with Crippen LogP contribution in [0.1, 0.15) is 18.5 Å². The van der Waals surface area contributed by atoms with Gasteiger partial charge >= 0.3 is 0 Å². The van der Waals surface area contributed by atoms with E-state index in [0.717, 1.165) is 6.26 Å². The summed E-state index contributed by atoms with van der Waals surface area (Å²) in [6.07, 6.45) is 0.964. The van der Waals surface area contributed by atoms with Crippen LogP contribution in [0.5, 0.6) is 0 Å². The maximum atomic E-state index is 13.4. The molecule has 1 aromatic rings. The molecule has 15 heavy (non-hydrogen) atoms. The summed E-state index contributed by atoms with van der Waals surface area (Å²) in [6.45, 7) is 1.72. The Hall–Kier alpha value is -1.14. The summed E-state index contributed by atoms with van der Waals surface area (Å²) in [5.74, 6) is -0.629. The minimum absolute atomic E-state index is 0.0677. The average Bonchev–Trinajstić information content (AvgIpc) is 2.05. The van der Waals surface area contributed by atoms with Gasteiger partial charge in [0.1, 0.15) is 5.82 Å². The van der Waals surface area contributed by atoms with Crippen molar-refractivity contribution in [3.05, 3.63) is 29.6 Å². The zero-order valence-electron chi connectivity index (χ0n) is 8.49. The van der Waals surface area contributed by atoms with Crippen molar-refractivity contribution in [2.45, 2.75) is 13.0 Å². The molecule has 0 bridgehead atoms. The average molecular weight is 232 g/mol. The molecule has 0 saturated heterocycles. The number of sulfonamides is 1. The third kappa shape index (κ3) is 3.49. The van der Waals surface area contributed by atoms with E-state index in [1.54, 1.807) is 13.0 Å². The molecule has 4 nitrogen and oxygen atoms in total. The predicted molar refractivity (Wildman–Crippen MR) is 57.5 cm³/mol. The van der Waals surface area contributed by atoms with Crippen LogP contribution in [0.3, 0.4) is 0 Å². The first-order valence-corrected chi connectivity index (χ1v) is 6.21. The van der Waals surface area contributed by atoms with Crippen LogP contribution in [0, 0.1) is 5.82 Å². The maximum Gasteiger partial charge on any atom is 0.229 e. The Labute approximate surface area is 88.3 Å². The molecular weight excluding hydrogens is 219 g/mol. The maximum absolute atomic E-state index is 13.4. The monoisotopic (exact) mass is 232 g/mol. The molecule has 84 valence electrons. The Morgan fingerprint density at radius 2 is 2.07 bits per heavy atom. The summed E-state index contributed by atoms with van der Waals surface area (Å²) in [4.78, 5) is 0. The van der Waals surface area contributed by atoms with E-state index in [2.05, 4.69) is 4.72 Å². The Morgan fingerprint density at radius 3 is 2.47 bits per heavy atom. The van der Waals surface area contributed by atoms with Crippen molar-refractivity contribution in [1.82, 2.24) is 0 Å². The van der Waals surface area contributed by atoms with Crippen molar-refractivity contribution in [1.29, 1.82) is 0 Å². The van der Waals surface area contributed by atoms with Crippen LogP contribution in [0.25, 0.3) is 0 Å². The van der Waals surface area contributed by atoms with Crippen LogP contribution in [-0.4, -0.2) is 14.7 Å². The van der Waals surface area contributed by atoms with E-state index in [1.807, 2.05) is 0 Å². The molecule has 0 aliphatic heterocycles. The molecule has 0 amide bonds. The highest BCUT2D eigenvalue weighted by atomic mass is 32.2. The molecule has 0 radical (unpaired) electrons. The largest absolute Gasteiger partial charge is 0.324 e. The van der Waals surface area contributed by atoms with Crippen LogP contribution in [0.4, 0.5) is 10.1 Å². The van der Waals surface area contributed by atoms with Gasteiger partial charge < -0.3 is 5.73 Å². The number of hydrogen-bond donors (Lipinski definition) is 2.